The lowest BCUT2D eigenvalue weighted by Gasteiger charge is -2.24. The molecule has 0 saturated heterocycles. The molecule has 166 valence electrons. The van der Waals surface area contributed by atoms with Gasteiger partial charge in [-0.25, -0.2) is 12.8 Å². The lowest BCUT2D eigenvalue weighted by atomic mass is 10.2. The van der Waals surface area contributed by atoms with E-state index in [0.717, 1.165) is 28.7 Å². The molecule has 2 aromatic carbocycles. The number of benzene rings is 2. The Kier molecular flexibility index (Phi) is 6.17. The van der Waals surface area contributed by atoms with E-state index in [1.54, 1.807) is 17.2 Å². The van der Waals surface area contributed by atoms with E-state index in [1.807, 2.05) is 31.2 Å². The molecule has 32 heavy (non-hydrogen) atoms. The first-order chi connectivity index (χ1) is 15.4. The van der Waals surface area contributed by atoms with Gasteiger partial charge in [-0.1, -0.05) is 23.5 Å². The Morgan fingerprint density at radius 2 is 1.97 bits per heavy atom. The van der Waals surface area contributed by atoms with Crippen LogP contribution in [0.25, 0.3) is 0 Å². The highest BCUT2D eigenvalue weighted by molar-refractivity contribution is 7.93. The van der Waals surface area contributed by atoms with Crippen molar-refractivity contribution >= 4 is 43.7 Å². The number of ether oxygens (including phenoxy) is 1. The number of aromatic amines is 1. The van der Waals surface area contributed by atoms with Crippen molar-refractivity contribution in [2.24, 2.45) is 0 Å². The summed E-state index contributed by atoms with van der Waals surface area (Å²) in [5, 5.41) is 14.9. The number of hydrogen-bond donors (Lipinski definition) is 2. The molecular formula is C20H19FN6O3S2. The van der Waals surface area contributed by atoms with Crippen LogP contribution < -0.4 is 9.62 Å². The van der Waals surface area contributed by atoms with Gasteiger partial charge in [0.1, 0.15) is 28.1 Å². The minimum absolute atomic E-state index is 0.0272. The number of sulfonamides is 1. The van der Waals surface area contributed by atoms with Crippen molar-refractivity contribution in [3.05, 3.63) is 71.1 Å². The van der Waals surface area contributed by atoms with E-state index in [2.05, 4.69) is 25.1 Å². The number of rotatable bonds is 8. The number of halogens is 1. The molecule has 0 bridgehead atoms. The van der Waals surface area contributed by atoms with Crippen molar-refractivity contribution in [1.29, 1.82) is 0 Å². The van der Waals surface area contributed by atoms with Crippen LogP contribution in [0.2, 0.25) is 0 Å². The number of nitrogens with one attached hydrogen (secondary N) is 2. The largest absolute Gasteiger partial charge is 0.377 e. The van der Waals surface area contributed by atoms with Gasteiger partial charge in [-0.15, -0.1) is 10.2 Å². The molecule has 12 heteroatoms. The molecule has 0 fully saturated rings. The highest BCUT2D eigenvalue weighted by atomic mass is 32.2. The van der Waals surface area contributed by atoms with Gasteiger partial charge in [0, 0.05) is 18.9 Å². The molecule has 2 aromatic heterocycles. The minimum atomic E-state index is -4.21. The van der Waals surface area contributed by atoms with Crippen LogP contribution in [0.5, 0.6) is 0 Å². The number of aryl methyl sites for hydroxylation is 1. The number of anilines is 4. The quantitative estimate of drug-likeness (QED) is 0.395. The third-order valence-corrected chi connectivity index (χ3v) is 6.72. The fraction of sp³-hybridized carbons (Fsp3) is 0.150. The first-order valence-corrected chi connectivity index (χ1v) is 11.7. The predicted octanol–water partition coefficient (Wildman–Crippen LogP) is 4.13. The average Bonchev–Trinajstić information content (AvgIpc) is 3.41. The van der Waals surface area contributed by atoms with E-state index >= 15 is 4.39 Å². The first kappa shape index (κ1) is 21.9. The van der Waals surface area contributed by atoms with Crippen LogP contribution in [-0.2, 0) is 21.4 Å². The summed E-state index contributed by atoms with van der Waals surface area (Å²) in [5.74, 6) is -0.308. The summed E-state index contributed by atoms with van der Waals surface area (Å²) >= 11 is 1.01. The van der Waals surface area contributed by atoms with E-state index < -0.39 is 20.7 Å². The van der Waals surface area contributed by atoms with Crippen LogP contribution in [0.15, 0.2) is 59.6 Å². The number of methoxy groups -OCH3 is 1. The van der Waals surface area contributed by atoms with Gasteiger partial charge in [0.25, 0.3) is 10.0 Å². The number of aromatic nitrogens is 4. The predicted molar refractivity (Wildman–Crippen MR) is 119 cm³/mol. The molecule has 0 amide bonds. The highest BCUT2D eigenvalue weighted by Gasteiger charge is 2.23. The van der Waals surface area contributed by atoms with Crippen LogP contribution in [0.4, 0.5) is 26.7 Å². The molecular weight excluding hydrogens is 455 g/mol. The highest BCUT2D eigenvalue weighted by Crippen LogP contribution is 2.35. The molecule has 4 aromatic rings. The standard InChI is InChI=1S/C20H19FN6O3S2/c1-13-4-3-5-14(10-13)27(18-8-9-22-23-18)15-6-7-17(16(21)11-15)32(28,29)26-20-25-24-19(31-20)12-30-2/h3-11H,12H2,1-2H3,(H,22,23)(H,25,26). The molecule has 2 heterocycles. The molecule has 0 unspecified atom stereocenters. The fourth-order valence-electron chi connectivity index (χ4n) is 3.06. The Bertz CT molecular complexity index is 1320. The molecule has 4 rings (SSSR count). The number of H-pyrrole nitrogens is 1. The first-order valence-electron chi connectivity index (χ1n) is 9.37. The summed E-state index contributed by atoms with van der Waals surface area (Å²) in [4.78, 5) is 1.24. The second-order valence-electron chi connectivity index (χ2n) is 6.77. The van der Waals surface area contributed by atoms with Crippen molar-refractivity contribution < 1.29 is 17.5 Å². The Hall–Kier alpha value is -3.35. The molecule has 0 aliphatic carbocycles. The zero-order valence-corrected chi connectivity index (χ0v) is 18.7. The fourth-order valence-corrected chi connectivity index (χ4v) is 5.06. The van der Waals surface area contributed by atoms with Crippen LogP contribution in [0, 0.1) is 12.7 Å². The Labute approximate surface area is 187 Å². The zero-order valence-electron chi connectivity index (χ0n) is 17.1. The molecule has 0 spiro atoms. The maximum Gasteiger partial charge on any atom is 0.266 e. The van der Waals surface area contributed by atoms with Gasteiger partial charge in [0.2, 0.25) is 5.13 Å². The van der Waals surface area contributed by atoms with Crippen LogP contribution in [0.3, 0.4) is 0 Å². The van der Waals surface area contributed by atoms with Crippen LogP contribution >= 0.6 is 11.3 Å². The van der Waals surface area contributed by atoms with E-state index in [0.29, 0.717) is 16.5 Å². The normalized spacial score (nSPS) is 11.5. The summed E-state index contributed by atoms with van der Waals surface area (Å²) in [6.45, 7) is 2.15. The van der Waals surface area contributed by atoms with E-state index in [9.17, 15) is 8.42 Å². The van der Waals surface area contributed by atoms with E-state index in [4.69, 9.17) is 4.74 Å². The summed E-state index contributed by atoms with van der Waals surface area (Å²) in [5.41, 5.74) is 2.21. The van der Waals surface area contributed by atoms with Crippen molar-refractivity contribution in [1.82, 2.24) is 20.4 Å². The third-order valence-electron chi connectivity index (χ3n) is 4.41. The molecule has 0 saturated carbocycles. The second kappa shape index (κ2) is 9.02. The summed E-state index contributed by atoms with van der Waals surface area (Å²) in [6, 6.07) is 13.3. The number of nitrogens with zero attached hydrogens (tertiary/aromatic N) is 4. The van der Waals surface area contributed by atoms with Gasteiger partial charge >= 0.3 is 0 Å². The summed E-state index contributed by atoms with van der Waals surface area (Å²) in [7, 11) is -2.72. The van der Waals surface area contributed by atoms with Gasteiger partial charge in [-0.05, 0) is 42.8 Å². The van der Waals surface area contributed by atoms with Gasteiger partial charge in [0.05, 0.1) is 11.9 Å². The Morgan fingerprint density at radius 1 is 1.16 bits per heavy atom. The van der Waals surface area contributed by atoms with Crippen molar-refractivity contribution in [2.75, 3.05) is 16.7 Å². The van der Waals surface area contributed by atoms with E-state index in [1.165, 1.54) is 19.2 Å². The molecule has 2 N–H and O–H groups in total. The topological polar surface area (TPSA) is 113 Å². The van der Waals surface area contributed by atoms with Gasteiger partial charge in [-0.3, -0.25) is 14.7 Å². The maximum atomic E-state index is 15.0. The Balaban J connectivity index is 1.68. The molecule has 9 nitrogen and oxygen atoms in total. The maximum absolute atomic E-state index is 15.0. The summed E-state index contributed by atoms with van der Waals surface area (Å²) < 4.78 is 47.7. The van der Waals surface area contributed by atoms with Crippen LogP contribution in [0.1, 0.15) is 10.6 Å². The van der Waals surface area contributed by atoms with Gasteiger partial charge in [0.15, 0.2) is 0 Å². The average molecular weight is 475 g/mol. The zero-order chi connectivity index (χ0) is 22.7. The minimum Gasteiger partial charge on any atom is -0.377 e. The Morgan fingerprint density at radius 3 is 2.66 bits per heavy atom. The molecule has 0 radical (unpaired) electrons. The van der Waals surface area contributed by atoms with E-state index in [-0.39, 0.29) is 11.7 Å². The smallest absolute Gasteiger partial charge is 0.266 e. The third kappa shape index (κ3) is 4.61. The van der Waals surface area contributed by atoms with Crippen molar-refractivity contribution in [2.45, 2.75) is 18.4 Å². The SMILES string of the molecule is COCc1nnc(NS(=O)(=O)c2ccc(N(c3cccc(C)c3)c3ccn[nH]3)cc2F)s1. The van der Waals surface area contributed by atoms with Gasteiger partial charge in [-0.2, -0.15) is 5.10 Å². The molecule has 0 aliphatic heterocycles. The second-order valence-corrected chi connectivity index (χ2v) is 9.48. The lowest BCUT2D eigenvalue weighted by molar-refractivity contribution is 0.184. The van der Waals surface area contributed by atoms with Crippen LogP contribution in [-0.4, -0.2) is 35.9 Å². The molecule has 0 atom stereocenters. The van der Waals surface area contributed by atoms with Gasteiger partial charge < -0.3 is 4.74 Å². The number of hydrogen-bond acceptors (Lipinski definition) is 8. The molecule has 0 aliphatic rings. The van der Waals surface area contributed by atoms with Crippen molar-refractivity contribution in [3.63, 3.8) is 0 Å². The summed E-state index contributed by atoms with van der Waals surface area (Å²) in [6.07, 6.45) is 1.58. The lowest BCUT2D eigenvalue weighted by Crippen LogP contribution is -2.16. The monoisotopic (exact) mass is 474 g/mol. The van der Waals surface area contributed by atoms with Crippen molar-refractivity contribution in [3.8, 4) is 0 Å².